The van der Waals surface area contributed by atoms with Crippen molar-refractivity contribution < 1.29 is 23.8 Å². The Balaban J connectivity index is 1.11. The van der Waals surface area contributed by atoms with Gasteiger partial charge in [-0.3, -0.25) is 9.59 Å². The molecule has 5 aliphatic rings. The number of hydrogen-bond acceptors (Lipinski definition) is 5. The third-order valence-electron chi connectivity index (χ3n) is 9.27. The monoisotopic (exact) mass is 418 g/mol. The summed E-state index contributed by atoms with van der Waals surface area (Å²) in [6.07, 6.45) is 7.95. The largest absolute Gasteiger partial charge is 0.465 e. The molecule has 5 fully saturated rings. The molecule has 0 N–H and O–H groups in total. The van der Waals surface area contributed by atoms with Crippen molar-refractivity contribution in [3.8, 4) is 0 Å². The molecule has 0 amide bonds. The summed E-state index contributed by atoms with van der Waals surface area (Å²) in [5.74, 6) is 4.21. The molecule has 0 radical (unpaired) electrons. The molecule has 5 rings (SSSR count). The first-order valence-electron chi connectivity index (χ1n) is 12.3. The highest BCUT2D eigenvalue weighted by molar-refractivity contribution is 5.76. The van der Waals surface area contributed by atoms with Gasteiger partial charge in [-0.25, -0.2) is 0 Å². The quantitative estimate of drug-likeness (QED) is 0.436. The summed E-state index contributed by atoms with van der Waals surface area (Å²) in [6.45, 7) is 7.66. The fraction of sp³-hybridized carbons (Fsp3) is 0.920. The van der Waals surface area contributed by atoms with Crippen LogP contribution in [0.1, 0.15) is 65.7 Å². The zero-order valence-electron chi connectivity index (χ0n) is 18.8. The number of carbonyl (C=O) groups excluding carboxylic acids is 2. The van der Waals surface area contributed by atoms with E-state index in [0.717, 1.165) is 36.0 Å². The van der Waals surface area contributed by atoms with Gasteiger partial charge in [0.25, 0.3) is 0 Å². The van der Waals surface area contributed by atoms with Crippen LogP contribution in [-0.2, 0) is 23.8 Å². The van der Waals surface area contributed by atoms with E-state index >= 15 is 0 Å². The summed E-state index contributed by atoms with van der Waals surface area (Å²) < 4.78 is 16.9. The van der Waals surface area contributed by atoms with Crippen LogP contribution < -0.4 is 0 Å². The van der Waals surface area contributed by atoms with Gasteiger partial charge in [0.15, 0.2) is 0 Å². The van der Waals surface area contributed by atoms with Gasteiger partial charge in [0.1, 0.15) is 12.7 Å². The van der Waals surface area contributed by atoms with Gasteiger partial charge >= 0.3 is 11.9 Å². The topological polar surface area (TPSA) is 61.8 Å². The second kappa shape index (κ2) is 7.79. The van der Waals surface area contributed by atoms with Crippen LogP contribution in [0.3, 0.4) is 0 Å². The lowest BCUT2D eigenvalue weighted by Gasteiger charge is -2.38. The molecular formula is C25H38O5. The molecule has 1 heterocycles. The number of esters is 2. The highest BCUT2D eigenvalue weighted by Gasteiger charge is 2.63. The normalized spacial score (nSPS) is 41.8. The lowest BCUT2D eigenvalue weighted by atomic mass is 9.70. The Hall–Kier alpha value is -1.10. The summed E-state index contributed by atoms with van der Waals surface area (Å²) in [6, 6.07) is 0. The van der Waals surface area contributed by atoms with Gasteiger partial charge in [0.2, 0.25) is 0 Å². The van der Waals surface area contributed by atoms with Gasteiger partial charge in [-0.15, -0.1) is 0 Å². The molecule has 1 aliphatic heterocycles. The Kier molecular flexibility index (Phi) is 5.40. The standard InChI is InChI=1S/C25H38O5/c1-4-15(24(27)29-13-25(3)11-28-12-25)7-14(2)23(26)30-20-10-18-9-19(20)22-17-6-5-16(8-17)21(18)22/h14-22H,4-13H2,1-3H3. The van der Waals surface area contributed by atoms with Crippen molar-refractivity contribution in [3.63, 3.8) is 0 Å². The van der Waals surface area contributed by atoms with Crippen LogP contribution in [-0.4, -0.2) is 37.9 Å². The van der Waals surface area contributed by atoms with Gasteiger partial charge < -0.3 is 14.2 Å². The first-order valence-corrected chi connectivity index (χ1v) is 12.3. The molecule has 9 unspecified atom stereocenters. The van der Waals surface area contributed by atoms with E-state index in [1.54, 1.807) is 0 Å². The second-order valence-electron chi connectivity index (χ2n) is 11.5. The fourth-order valence-electron chi connectivity index (χ4n) is 7.76. The van der Waals surface area contributed by atoms with Crippen molar-refractivity contribution in [2.75, 3.05) is 19.8 Å². The second-order valence-corrected chi connectivity index (χ2v) is 11.5. The summed E-state index contributed by atoms with van der Waals surface area (Å²) in [4.78, 5) is 25.4. The average Bonchev–Trinajstić information content (AvgIpc) is 3.47. The van der Waals surface area contributed by atoms with Gasteiger partial charge in [0.05, 0.1) is 25.0 Å². The van der Waals surface area contributed by atoms with Crippen molar-refractivity contribution in [1.82, 2.24) is 0 Å². The highest BCUT2D eigenvalue weighted by Crippen LogP contribution is 2.67. The molecule has 1 saturated heterocycles. The van der Waals surface area contributed by atoms with Crippen molar-refractivity contribution in [2.24, 2.45) is 52.8 Å². The van der Waals surface area contributed by atoms with Crippen molar-refractivity contribution in [3.05, 3.63) is 0 Å². The van der Waals surface area contributed by atoms with Gasteiger partial charge in [-0.2, -0.15) is 0 Å². The summed E-state index contributed by atoms with van der Waals surface area (Å²) >= 11 is 0. The molecule has 168 valence electrons. The van der Waals surface area contributed by atoms with Crippen LogP contribution in [0.15, 0.2) is 0 Å². The van der Waals surface area contributed by atoms with Crippen molar-refractivity contribution >= 4 is 11.9 Å². The Labute approximate surface area is 180 Å². The molecule has 4 bridgehead atoms. The molecule has 4 saturated carbocycles. The van der Waals surface area contributed by atoms with Crippen LogP contribution in [0.4, 0.5) is 0 Å². The van der Waals surface area contributed by atoms with Crippen molar-refractivity contribution in [1.29, 1.82) is 0 Å². The van der Waals surface area contributed by atoms with E-state index < -0.39 is 0 Å². The van der Waals surface area contributed by atoms with Crippen LogP contribution in [0, 0.1) is 52.8 Å². The predicted octanol–water partition coefficient (Wildman–Crippen LogP) is 4.23. The van der Waals surface area contributed by atoms with E-state index in [4.69, 9.17) is 14.2 Å². The maximum atomic E-state index is 12.9. The predicted molar refractivity (Wildman–Crippen MR) is 111 cm³/mol. The number of ether oxygens (including phenoxy) is 3. The van der Waals surface area contributed by atoms with Crippen LogP contribution >= 0.6 is 0 Å². The van der Waals surface area contributed by atoms with Gasteiger partial charge in [0, 0.05) is 5.41 Å². The number of carbonyl (C=O) groups is 2. The van der Waals surface area contributed by atoms with Crippen LogP contribution in [0.25, 0.3) is 0 Å². The van der Waals surface area contributed by atoms with E-state index in [9.17, 15) is 9.59 Å². The smallest absolute Gasteiger partial charge is 0.308 e. The lowest BCUT2D eigenvalue weighted by Crippen LogP contribution is -2.44. The minimum Gasteiger partial charge on any atom is -0.465 e. The molecule has 5 nitrogen and oxygen atoms in total. The molecule has 0 aromatic carbocycles. The van der Waals surface area contributed by atoms with Crippen LogP contribution in [0.5, 0.6) is 0 Å². The summed E-state index contributed by atoms with van der Waals surface area (Å²) in [5.41, 5.74) is -0.0438. The van der Waals surface area contributed by atoms with Gasteiger partial charge in [-0.1, -0.05) is 20.8 Å². The number of hydrogen-bond donors (Lipinski definition) is 0. The molecule has 0 spiro atoms. The zero-order valence-corrected chi connectivity index (χ0v) is 18.8. The van der Waals surface area contributed by atoms with E-state index in [2.05, 4.69) is 6.92 Å². The first kappa shape index (κ1) is 20.8. The van der Waals surface area contributed by atoms with Crippen LogP contribution in [0.2, 0.25) is 0 Å². The van der Waals surface area contributed by atoms with E-state index in [0.29, 0.717) is 38.6 Å². The summed E-state index contributed by atoms with van der Waals surface area (Å²) in [7, 11) is 0. The van der Waals surface area contributed by atoms with E-state index in [1.807, 2.05) is 13.8 Å². The zero-order chi connectivity index (χ0) is 21.0. The lowest BCUT2D eigenvalue weighted by molar-refractivity contribution is -0.170. The molecule has 30 heavy (non-hydrogen) atoms. The molecular weight excluding hydrogens is 380 g/mol. The van der Waals surface area contributed by atoms with E-state index in [1.165, 1.54) is 25.7 Å². The molecule has 0 aromatic rings. The minimum atomic E-state index is -0.264. The fourth-order valence-corrected chi connectivity index (χ4v) is 7.76. The maximum Gasteiger partial charge on any atom is 0.308 e. The van der Waals surface area contributed by atoms with Gasteiger partial charge in [-0.05, 0) is 80.5 Å². The maximum absolute atomic E-state index is 12.9. The summed E-state index contributed by atoms with van der Waals surface area (Å²) in [5, 5.41) is 0. The third kappa shape index (κ3) is 3.49. The molecule has 5 heteroatoms. The Bertz CT molecular complexity index is 685. The molecule has 4 aliphatic carbocycles. The van der Waals surface area contributed by atoms with Crippen molar-refractivity contribution in [2.45, 2.75) is 71.8 Å². The van der Waals surface area contributed by atoms with E-state index in [-0.39, 0.29) is 35.3 Å². The Morgan fingerprint density at radius 3 is 2.43 bits per heavy atom. The Morgan fingerprint density at radius 2 is 1.77 bits per heavy atom. The third-order valence-corrected chi connectivity index (χ3v) is 9.27. The number of fused-ring (bicyclic) bond motifs is 9. The first-order chi connectivity index (χ1) is 14.4. The number of rotatable bonds is 8. The highest BCUT2D eigenvalue weighted by atomic mass is 16.6. The molecule has 0 aromatic heterocycles. The molecule has 9 atom stereocenters. The average molecular weight is 419 g/mol. The SMILES string of the molecule is CCC(CC(C)C(=O)OC1CC2CC1C1C3CCC(C3)C21)C(=O)OCC1(C)COC1. The Morgan fingerprint density at radius 1 is 1.03 bits per heavy atom. The minimum absolute atomic E-state index is 0.0438.